The number of aliphatic hydroxyl groups excluding tert-OH is 1. The monoisotopic (exact) mass is 236 g/mol. The molecular formula is C13H20N2O2. The Bertz CT molecular complexity index is 345. The second-order valence-electron chi connectivity index (χ2n) is 3.94. The van der Waals surface area contributed by atoms with Crippen molar-refractivity contribution >= 4 is 11.7 Å². The highest BCUT2D eigenvalue weighted by molar-refractivity contribution is 5.89. The van der Waals surface area contributed by atoms with Crippen LogP contribution in [0, 0.1) is 0 Å². The molecule has 0 fully saturated rings. The number of benzene rings is 1. The summed E-state index contributed by atoms with van der Waals surface area (Å²) in [6.07, 6.45) is 1.69. The molecule has 4 nitrogen and oxygen atoms in total. The molecule has 0 aliphatic rings. The van der Waals surface area contributed by atoms with E-state index in [-0.39, 0.29) is 18.7 Å². The van der Waals surface area contributed by atoms with Crippen LogP contribution in [0.2, 0.25) is 0 Å². The van der Waals surface area contributed by atoms with Crippen molar-refractivity contribution in [1.29, 1.82) is 0 Å². The zero-order valence-electron chi connectivity index (χ0n) is 10.4. The predicted molar refractivity (Wildman–Crippen MR) is 69.1 cm³/mol. The molecule has 1 atom stereocenters. The van der Waals surface area contributed by atoms with Crippen molar-refractivity contribution in [2.75, 3.05) is 11.9 Å². The van der Waals surface area contributed by atoms with Crippen LogP contribution in [0.15, 0.2) is 24.3 Å². The lowest BCUT2D eigenvalue weighted by atomic mass is 10.1. The van der Waals surface area contributed by atoms with E-state index in [1.165, 1.54) is 5.56 Å². The fraction of sp³-hybridized carbons (Fsp3) is 0.462. The molecule has 1 aromatic rings. The Kier molecular flexibility index (Phi) is 5.49. The number of amides is 2. The van der Waals surface area contributed by atoms with E-state index in [0.717, 1.165) is 12.1 Å². The van der Waals surface area contributed by atoms with Crippen LogP contribution < -0.4 is 10.6 Å². The Morgan fingerprint density at radius 2 is 1.94 bits per heavy atom. The van der Waals surface area contributed by atoms with Gasteiger partial charge in [-0.15, -0.1) is 0 Å². The Morgan fingerprint density at radius 3 is 2.41 bits per heavy atom. The largest absolute Gasteiger partial charge is 0.394 e. The van der Waals surface area contributed by atoms with Crippen LogP contribution in [0.25, 0.3) is 0 Å². The molecule has 4 heteroatoms. The van der Waals surface area contributed by atoms with Crippen molar-refractivity contribution in [2.45, 2.75) is 32.7 Å². The third-order valence-electron chi connectivity index (χ3n) is 2.67. The molecule has 1 rings (SSSR count). The molecule has 2 amide bonds. The molecule has 17 heavy (non-hydrogen) atoms. The number of hydrogen-bond donors (Lipinski definition) is 3. The molecule has 0 bridgehead atoms. The number of nitrogens with one attached hydrogen (secondary N) is 2. The number of carbonyl (C=O) groups is 1. The Labute approximate surface area is 102 Å². The van der Waals surface area contributed by atoms with Gasteiger partial charge in [0.1, 0.15) is 0 Å². The highest BCUT2D eigenvalue weighted by Gasteiger charge is 2.08. The van der Waals surface area contributed by atoms with E-state index in [9.17, 15) is 4.79 Å². The zero-order valence-corrected chi connectivity index (χ0v) is 10.4. The van der Waals surface area contributed by atoms with Crippen LogP contribution in [-0.4, -0.2) is 23.8 Å². The Hall–Kier alpha value is -1.55. The number of rotatable bonds is 5. The molecule has 0 radical (unpaired) electrons. The van der Waals surface area contributed by atoms with Gasteiger partial charge in [-0.3, -0.25) is 0 Å². The highest BCUT2D eigenvalue weighted by Crippen LogP contribution is 2.09. The number of urea groups is 1. The normalized spacial score (nSPS) is 11.9. The summed E-state index contributed by atoms with van der Waals surface area (Å²) in [4.78, 5) is 11.6. The fourth-order valence-corrected chi connectivity index (χ4v) is 1.45. The summed E-state index contributed by atoms with van der Waals surface area (Å²) in [6, 6.07) is 7.24. The van der Waals surface area contributed by atoms with Gasteiger partial charge in [0.2, 0.25) is 0 Å². The van der Waals surface area contributed by atoms with Crippen molar-refractivity contribution in [1.82, 2.24) is 5.32 Å². The van der Waals surface area contributed by atoms with Gasteiger partial charge in [-0.2, -0.15) is 0 Å². The van der Waals surface area contributed by atoms with Gasteiger partial charge >= 0.3 is 6.03 Å². The molecule has 0 aliphatic heterocycles. The summed E-state index contributed by atoms with van der Waals surface area (Å²) in [5, 5.41) is 14.4. The van der Waals surface area contributed by atoms with Crippen LogP contribution in [-0.2, 0) is 6.42 Å². The SMILES string of the molecule is CCc1ccc(NC(=O)NC(CC)CO)cc1. The van der Waals surface area contributed by atoms with Gasteiger partial charge in [0.25, 0.3) is 0 Å². The third kappa shape index (κ3) is 4.44. The van der Waals surface area contributed by atoms with Gasteiger partial charge in [-0.1, -0.05) is 26.0 Å². The molecule has 0 aromatic heterocycles. The van der Waals surface area contributed by atoms with Crippen molar-refractivity contribution in [3.63, 3.8) is 0 Å². The highest BCUT2D eigenvalue weighted by atomic mass is 16.3. The molecule has 0 spiro atoms. The van der Waals surface area contributed by atoms with Crippen molar-refractivity contribution < 1.29 is 9.90 Å². The fourth-order valence-electron chi connectivity index (χ4n) is 1.45. The maximum Gasteiger partial charge on any atom is 0.319 e. The number of aliphatic hydroxyl groups is 1. The molecule has 1 aromatic carbocycles. The van der Waals surface area contributed by atoms with Gasteiger partial charge in [0, 0.05) is 5.69 Å². The quantitative estimate of drug-likeness (QED) is 0.733. The van der Waals surface area contributed by atoms with Crippen molar-refractivity contribution in [2.24, 2.45) is 0 Å². The molecule has 0 aliphatic carbocycles. The number of hydrogen-bond acceptors (Lipinski definition) is 2. The molecular weight excluding hydrogens is 216 g/mol. The Morgan fingerprint density at radius 1 is 1.29 bits per heavy atom. The second-order valence-corrected chi connectivity index (χ2v) is 3.94. The molecule has 3 N–H and O–H groups in total. The number of anilines is 1. The summed E-state index contributed by atoms with van der Waals surface area (Å²) in [7, 11) is 0. The first-order valence-corrected chi connectivity index (χ1v) is 5.96. The van der Waals surface area contributed by atoms with E-state index in [1.54, 1.807) is 0 Å². The Balaban J connectivity index is 2.49. The molecule has 0 saturated carbocycles. The van der Waals surface area contributed by atoms with Crippen LogP contribution in [0.3, 0.4) is 0 Å². The third-order valence-corrected chi connectivity index (χ3v) is 2.67. The van der Waals surface area contributed by atoms with E-state index in [0.29, 0.717) is 6.42 Å². The first-order valence-electron chi connectivity index (χ1n) is 5.96. The van der Waals surface area contributed by atoms with Crippen LogP contribution in [0.5, 0.6) is 0 Å². The smallest absolute Gasteiger partial charge is 0.319 e. The van der Waals surface area contributed by atoms with Crippen LogP contribution >= 0.6 is 0 Å². The summed E-state index contributed by atoms with van der Waals surface area (Å²) >= 11 is 0. The number of aryl methyl sites for hydroxylation is 1. The summed E-state index contributed by atoms with van der Waals surface area (Å²) in [5.41, 5.74) is 1.99. The zero-order chi connectivity index (χ0) is 12.7. The van der Waals surface area contributed by atoms with Gasteiger partial charge < -0.3 is 15.7 Å². The minimum absolute atomic E-state index is 0.0430. The lowest BCUT2D eigenvalue weighted by Crippen LogP contribution is -2.39. The summed E-state index contributed by atoms with van der Waals surface area (Å²) in [6.45, 7) is 3.96. The maximum atomic E-state index is 11.6. The standard InChI is InChI=1S/C13H20N2O2/c1-3-10-5-7-12(8-6-10)15-13(17)14-11(4-2)9-16/h5-8,11,16H,3-4,9H2,1-2H3,(H2,14,15,17). The molecule has 94 valence electrons. The lowest BCUT2D eigenvalue weighted by molar-refractivity contribution is 0.222. The van der Waals surface area contributed by atoms with Crippen LogP contribution in [0.1, 0.15) is 25.8 Å². The molecule has 1 unspecified atom stereocenters. The van der Waals surface area contributed by atoms with Gasteiger partial charge in [-0.05, 0) is 30.5 Å². The molecule has 0 saturated heterocycles. The van der Waals surface area contributed by atoms with Gasteiger partial charge in [-0.25, -0.2) is 4.79 Å². The lowest BCUT2D eigenvalue weighted by Gasteiger charge is -2.14. The van der Waals surface area contributed by atoms with Gasteiger partial charge in [0.05, 0.1) is 12.6 Å². The topological polar surface area (TPSA) is 61.4 Å². The molecule has 0 heterocycles. The minimum atomic E-state index is -0.282. The van der Waals surface area contributed by atoms with E-state index in [2.05, 4.69) is 17.6 Å². The van der Waals surface area contributed by atoms with E-state index in [1.807, 2.05) is 31.2 Å². The average Bonchev–Trinajstić information content (AvgIpc) is 2.37. The van der Waals surface area contributed by atoms with Crippen molar-refractivity contribution in [3.8, 4) is 0 Å². The van der Waals surface area contributed by atoms with E-state index in [4.69, 9.17) is 5.11 Å². The number of carbonyl (C=O) groups excluding carboxylic acids is 1. The average molecular weight is 236 g/mol. The van der Waals surface area contributed by atoms with Crippen LogP contribution in [0.4, 0.5) is 10.5 Å². The minimum Gasteiger partial charge on any atom is -0.394 e. The summed E-state index contributed by atoms with van der Waals surface area (Å²) < 4.78 is 0. The van der Waals surface area contributed by atoms with E-state index >= 15 is 0 Å². The van der Waals surface area contributed by atoms with Crippen molar-refractivity contribution in [3.05, 3.63) is 29.8 Å². The summed E-state index contributed by atoms with van der Waals surface area (Å²) in [5.74, 6) is 0. The first-order chi connectivity index (χ1) is 8.19. The second kappa shape index (κ2) is 6.91. The van der Waals surface area contributed by atoms with Gasteiger partial charge in [0.15, 0.2) is 0 Å². The van der Waals surface area contributed by atoms with E-state index < -0.39 is 0 Å². The first kappa shape index (κ1) is 13.5. The maximum absolute atomic E-state index is 11.6. The predicted octanol–water partition coefficient (Wildman–Crippen LogP) is 2.14.